The fourth-order valence-electron chi connectivity index (χ4n) is 2.68. The van der Waals surface area contributed by atoms with Crippen molar-refractivity contribution in [3.05, 3.63) is 0 Å². The standard InChI is InChI=1S/C14H26OS/c1-5-6-14(16)15-13-9-11(4)7-8-12(13)10(2)3/h10-13H,5-9H2,1-4H3. The number of hydrogen-bond donors (Lipinski definition) is 0. The zero-order valence-electron chi connectivity index (χ0n) is 11.2. The number of rotatable bonds is 4. The molecule has 1 rings (SSSR count). The van der Waals surface area contributed by atoms with Crippen molar-refractivity contribution in [2.45, 2.75) is 65.9 Å². The van der Waals surface area contributed by atoms with Gasteiger partial charge in [-0.3, -0.25) is 0 Å². The number of ether oxygens (including phenoxy) is 1. The Balaban J connectivity index is 2.54. The first-order chi connectivity index (χ1) is 7.54. The summed E-state index contributed by atoms with van der Waals surface area (Å²) in [6, 6.07) is 0. The van der Waals surface area contributed by atoms with E-state index in [1.54, 1.807) is 0 Å². The molecular formula is C14H26OS. The average Bonchev–Trinajstić information content (AvgIpc) is 2.17. The minimum atomic E-state index is 0.378. The van der Waals surface area contributed by atoms with Crippen LogP contribution in [0.15, 0.2) is 0 Å². The van der Waals surface area contributed by atoms with Gasteiger partial charge in [-0.2, -0.15) is 0 Å². The molecule has 0 aromatic rings. The quantitative estimate of drug-likeness (QED) is 0.667. The summed E-state index contributed by atoms with van der Waals surface area (Å²) in [6.07, 6.45) is 6.25. The van der Waals surface area contributed by atoms with Crippen LogP contribution in [0, 0.1) is 17.8 Å². The Morgan fingerprint density at radius 2 is 2.06 bits per heavy atom. The zero-order chi connectivity index (χ0) is 12.1. The van der Waals surface area contributed by atoms with Gasteiger partial charge in [0.05, 0.1) is 0 Å². The molecule has 0 aliphatic heterocycles. The molecule has 0 spiro atoms. The topological polar surface area (TPSA) is 9.23 Å². The number of thiocarbonyl (C=S) groups is 1. The normalized spacial score (nSPS) is 30.4. The largest absolute Gasteiger partial charge is 0.484 e. The Kier molecular flexibility index (Phi) is 5.74. The molecule has 1 fully saturated rings. The Labute approximate surface area is 106 Å². The summed E-state index contributed by atoms with van der Waals surface area (Å²) in [6.45, 7) is 9.09. The van der Waals surface area contributed by atoms with Gasteiger partial charge in [-0.15, -0.1) is 0 Å². The van der Waals surface area contributed by atoms with Crippen molar-refractivity contribution in [2.24, 2.45) is 17.8 Å². The van der Waals surface area contributed by atoms with Gasteiger partial charge in [-0.25, -0.2) is 0 Å². The van der Waals surface area contributed by atoms with Gasteiger partial charge in [0.1, 0.15) is 6.10 Å². The van der Waals surface area contributed by atoms with Crippen molar-refractivity contribution >= 4 is 17.3 Å². The smallest absolute Gasteiger partial charge is 0.160 e. The maximum absolute atomic E-state index is 6.01. The van der Waals surface area contributed by atoms with Crippen LogP contribution >= 0.6 is 12.2 Å². The van der Waals surface area contributed by atoms with E-state index < -0.39 is 0 Å². The van der Waals surface area contributed by atoms with E-state index in [-0.39, 0.29) is 0 Å². The molecule has 16 heavy (non-hydrogen) atoms. The summed E-state index contributed by atoms with van der Waals surface area (Å²) in [5.74, 6) is 2.21. The van der Waals surface area contributed by atoms with Crippen LogP contribution < -0.4 is 0 Å². The Morgan fingerprint density at radius 1 is 1.38 bits per heavy atom. The first-order valence-corrected chi connectivity index (χ1v) is 7.14. The van der Waals surface area contributed by atoms with E-state index in [0.29, 0.717) is 17.9 Å². The molecule has 0 N–H and O–H groups in total. The van der Waals surface area contributed by atoms with Gasteiger partial charge >= 0.3 is 0 Å². The van der Waals surface area contributed by atoms with E-state index in [0.717, 1.165) is 23.8 Å². The van der Waals surface area contributed by atoms with Gasteiger partial charge in [-0.05, 0) is 49.2 Å². The molecule has 0 saturated heterocycles. The zero-order valence-corrected chi connectivity index (χ0v) is 12.0. The molecule has 1 aliphatic carbocycles. The van der Waals surface area contributed by atoms with Crippen LogP contribution in [0.3, 0.4) is 0 Å². The SMILES string of the molecule is CCCC(=S)OC1CC(C)CCC1C(C)C. The van der Waals surface area contributed by atoms with Gasteiger partial charge in [0.15, 0.2) is 5.05 Å². The van der Waals surface area contributed by atoms with E-state index in [4.69, 9.17) is 17.0 Å². The van der Waals surface area contributed by atoms with E-state index >= 15 is 0 Å². The summed E-state index contributed by atoms with van der Waals surface area (Å²) in [7, 11) is 0. The van der Waals surface area contributed by atoms with Crippen LogP contribution in [-0.2, 0) is 4.74 Å². The minimum Gasteiger partial charge on any atom is -0.484 e. The average molecular weight is 242 g/mol. The third kappa shape index (κ3) is 4.04. The van der Waals surface area contributed by atoms with E-state index in [2.05, 4.69) is 27.7 Å². The van der Waals surface area contributed by atoms with E-state index in [1.807, 2.05) is 0 Å². The van der Waals surface area contributed by atoms with E-state index in [9.17, 15) is 0 Å². The highest BCUT2D eigenvalue weighted by Gasteiger charge is 2.32. The molecule has 3 unspecified atom stereocenters. The molecule has 1 aliphatic rings. The highest BCUT2D eigenvalue weighted by atomic mass is 32.1. The van der Waals surface area contributed by atoms with Crippen LogP contribution in [0.25, 0.3) is 0 Å². The minimum absolute atomic E-state index is 0.378. The van der Waals surface area contributed by atoms with Gasteiger partial charge in [0, 0.05) is 6.42 Å². The Morgan fingerprint density at radius 3 is 2.62 bits per heavy atom. The van der Waals surface area contributed by atoms with E-state index in [1.165, 1.54) is 19.3 Å². The molecule has 0 bridgehead atoms. The van der Waals surface area contributed by atoms with Gasteiger partial charge < -0.3 is 4.74 Å². The first kappa shape index (κ1) is 14.0. The highest BCUT2D eigenvalue weighted by Crippen LogP contribution is 2.35. The molecule has 0 aromatic carbocycles. The second-order valence-electron chi connectivity index (χ2n) is 5.60. The molecule has 2 heteroatoms. The van der Waals surface area contributed by atoms with Crippen LogP contribution in [0.1, 0.15) is 59.8 Å². The van der Waals surface area contributed by atoms with Gasteiger partial charge in [0.25, 0.3) is 0 Å². The monoisotopic (exact) mass is 242 g/mol. The number of hydrogen-bond acceptors (Lipinski definition) is 2. The lowest BCUT2D eigenvalue weighted by atomic mass is 9.75. The van der Waals surface area contributed by atoms with Crippen molar-refractivity contribution in [1.29, 1.82) is 0 Å². The van der Waals surface area contributed by atoms with Crippen LogP contribution in [-0.4, -0.2) is 11.2 Å². The lowest BCUT2D eigenvalue weighted by molar-refractivity contribution is 0.0375. The third-order valence-electron chi connectivity index (χ3n) is 3.70. The summed E-state index contributed by atoms with van der Waals surface area (Å²) in [4.78, 5) is 0. The maximum Gasteiger partial charge on any atom is 0.160 e. The van der Waals surface area contributed by atoms with Crippen molar-refractivity contribution in [3.8, 4) is 0 Å². The van der Waals surface area contributed by atoms with Gasteiger partial charge in [0.2, 0.25) is 0 Å². The van der Waals surface area contributed by atoms with Gasteiger partial charge in [-0.1, -0.05) is 34.1 Å². The maximum atomic E-state index is 6.01. The molecule has 0 heterocycles. The van der Waals surface area contributed by atoms with Crippen LogP contribution in [0.5, 0.6) is 0 Å². The summed E-state index contributed by atoms with van der Waals surface area (Å²) in [5.41, 5.74) is 0. The second kappa shape index (κ2) is 6.58. The second-order valence-corrected chi connectivity index (χ2v) is 6.06. The molecule has 94 valence electrons. The molecular weight excluding hydrogens is 216 g/mol. The lowest BCUT2D eigenvalue weighted by Crippen LogP contribution is -2.35. The highest BCUT2D eigenvalue weighted by molar-refractivity contribution is 7.80. The van der Waals surface area contributed by atoms with Crippen molar-refractivity contribution < 1.29 is 4.74 Å². The fourth-order valence-corrected chi connectivity index (χ4v) is 3.01. The Hall–Kier alpha value is -0.110. The summed E-state index contributed by atoms with van der Waals surface area (Å²) >= 11 is 5.29. The van der Waals surface area contributed by atoms with Crippen LogP contribution in [0.2, 0.25) is 0 Å². The molecule has 1 nitrogen and oxygen atoms in total. The Bertz CT molecular complexity index is 225. The first-order valence-electron chi connectivity index (χ1n) is 6.74. The predicted molar refractivity (Wildman–Crippen MR) is 73.7 cm³/mol. The summed E-state index contributed by atoms with van der Waals surface area (Å²) in [5, 5.41) is 0.826. The van der Waals surface area contributed by atoms with Crippen LogP contribution in [0.4, 0.5) is 0 Å². The predicted octanol–water partition coefficient (Wildman–Crippen LogP) is 4.59. The molecule has 0 aromatic heterocycles. The van der Waals surface area contributed by atoms with Crippen molar-refractivity contribution in [3.63, 3.8) is 0 Å². The lowest BCUT2D eigenvalue weighted by Gasteiger charge is -2.37. The molecule has 3 atom stereocenters. The fraction of sp³-hybridized carbons (Fsp3) is 0.929. The van der Waals surface area contributed by atoms with Crippen molar-refractivity contribution in [1.82, 2.24) is 0 Å². The molecule has 1 saturated carbocycles. The molecule has 0 radical (unpaired) electrons. The third-order valence-corrected chi connectivity index (χ3v) is 4.00. The van der Waals surface area contributed by atoms with Crippen molar-refractivity contribution in [2.75, 3.05) is 0 Å². The molecule has 0 amide bonds. The summed E-state index contributed by atoms with van der Waals surface area (Å²) < 4.78 is 6.01.